The second-order valence-electron chi connectivity index (χ2n) is 5.82. The number of nitro groups is 1. The number of nitrogens with one attached hydrogen (secondary N) is 1. The van der Waals surface area contributed by atoms with E-state index < -0.39 is 4.92 Å². The topological polar surface area (TPSA) is 103 Å². The standard InChI is InChI=1S/C19H17N3O5S/c1-11-8-13(22(24)25)5-7-15(11)20-19-21-18(23)17(28-19)9-12-4-6-14(26-2)10-16(12)27-3/h4-10H,1-3H3,(H,20,21,23)/b17-9+. The second kappa shape index (κ2) is 8.13. The van der Waals surface area contributed by atoms with E-state index in [1.54, 1.807) is 51.5 Å². The maximum Gasteiger partial charge on any atom is 0.269 e. The molecule has 0 radical (unpaired) electrons. The van der Waals surface area contributed by atoms with E-state index in [9.17, 15) is 14.9 Å². The highest BCUT2D eigenvalue weighted by atomic mass is 32.2. The summed E-state index contributed by atoms with van der Waals surface area (Å²) in [6.07, 6.45) is 1.71. The molecule has 0 saturated carbocycles. The lowest BCUT2D eigenvalue weighted by molar-refractivity contribution is -0.384. The molecule has 1 aliphatic heterocycles. The van der Waals surface area contributed by atoms with Crippen LogP contribution in [0.25, 0.3) is 6.08 Å². The molecule has 3 rings (SSSR count). The number of non-ortho nitro benzene ring substituents is 1. The monoisotopic (exact) mass is 399 g/mol. The number of amidine groups is 1. The number of ether oxygens (including phenoxy) is 2. The fraction of sp³-hybridized carbons (Fsp3) is 0.158. The van der Waals surface area contributed by atoms with Gasteiger partial charge in [0.2, 0.25) is 0 Å². The third-order valence-corrected chi connectivity index (χ3v) is 4.90. The third-order valence-electron chi connectivity index (χ3n) is 3.99. The number of aryl methyl sites for hydroxylation is 1. The van der Waals surface area contributed by atoms with Crippen LogP contribution in [0.4, 0.5) is 11.4 Å². The quantitative estimate of drug-likeness (QED) is 0.466. The highest BCUT2D eigenvalue weighted by molar-refractivity contribution is 8.18. The van der Waals surface area contributed by atoms with Crippen LogP contribution in [0.2, 0.25) is 0 Å². The number of nitro benzene ring substituents is 1. The Hall–Kier alpha value is -3.33. The molecule has 2 aromatic rings. The van der Waals surface area contributed by atoms with E-state index in [0.29, 0.717) is 32.8 Å². The van der Waals surface area contributed by atoms with Gasteiger partial charge in [-0.2, -0.15) is 0 Å². The van der Waals surface area contributed by atoms with Crippen molar-refractivity contribution in [2.75, 3.05) is 14.2 Å². The number of rotatable bonds is 5. The normalized spacial score (nSPS) is 16.3. The van der Waals surface area contributed by atoms with Gasteiger partial charge in [-0.1, -0.05) is 0 Å². The summed E-state index contributed by atoms with van der Waals surface area (Å²) < 4.78 is 10.5. The maximum absolute atomic E-state index is 12.3. The molecule has 1 fully saturated rings. The van der Waals surface area contributed by atoms with Crippen LogP contribution in [0.15, 0.2) is 46.3 Å². The number of nitrogens with zero attached hydrogens (tertiary/aromatic N) is 2. The van der Waals surface area contributed by atoms with Crippen molar-refractivity contribution in [1.82, 2.24) is 5.32 Å². The Morgan fingerprint density at radius 2 is 1.96 bits per heavy atom. The summed E-state index contributed by atoms with van der Waals surface area (Å²) in [4.78, 5) is 27.5. The van der Waals surface area contributed by atoms with E-state index in [4.69, 9.17) is 9.47 Å². The van der Waals surface area contributed by atoms with Crippen LogP contribution in [-0.4, -0.2) is 30.2 Å². The lowest BCUT2D eigenvalue weighted by Gasteiger charge is -2.07. The first-order valence-corrected chi connectivity index (χ1v) is 8.99. The van der Waals surface area contributed by atoms with E-state index in [1.165, 1.54) is 23.9 Å². The molecule has 1 saturated heterocycles. The first-order chi connectivity index (χ1) is 13.4. The first kappa shape index (κ1) is 19.4. The molecule has 2 aromatic carbocycles. The number of thioether (sulfide) groups is 1. The molecule has 1 N–H and O–H groups in total. The summed E-state index contributed by atoms with van der Waals surface area (Å²) in [7, 11) is 3.11. The number of carbonyl (C=O) groups excluding carboxylic acids is 1. The minimum atomic E-state index is -0.459. The maximum atomic E-state index is 12.3. The molecular formula is C19H17N3O5S. The van der Waals surface area contributed by atoms with Crippen LogP contribution in [0.1, 0.15) is 11.1 Å². The molecular weight excluding hydrogens is 382 g/mol. The van der Waals surface area contributed by atoms with Gasteiger partial charge >= 0.3 is 0 Å². The molecule has 0 spiro atoms. The number of benzene rings is 2. The fourth-order valence-corrected chi connectivity index (χ4v) is 3.37. The lowest BCUT2D eigenvalue weighted by atomic mass is 10.1. The van der Waals surface area contributed by atoms with Crippen LogP contribution < -0.4 is 14.8 Å². The van der Waals surface area contributed by atoms with E-state index in [0.717, 1.165) is 5.56 Å². The zero-order chi connectivity index (χ0) is 20.3. The van der Waals surface area contributed by atoms with Gasteiger partial charge in [-0.25, -0.2) is 4.99 Å². The van der Waals surface area contributed by atoms with Crippen molar-refractivity contribution < 1.29 is 19.2 Å². The average Bonchev–Trinajstić information content (AvgIpc) is 3.02. The van der Waals surface area contributed by atoms with Crippen LogP contribution in [0, 0.1) is 17.0 Å². The van der Waals surface area contributed by atoms with E-state index in [-0.39, 0.29) is 11.6 Å². The van der Waals surface area contributed by atoms with Crippen molar-refractivity contribution in [2.45, 2.75) is 6.92 Å². The van der Waals surface area contributed by atoms with Gasteiger partial charge in [0.05, 0.1) is 29.7 Å². The molecule has 1 heterocycles. The molecule has 0 unspecified atom stereocenters. The summed E-state index contributed by atoms with van der Waals surface area (Å²) in [6.45, 7) is 1.73. The van der Waals surface area contributed by atoms with Gasteiger partial charge in [-0.15, -0.1) is 0 Å². The Morgan fingerprint density at radius 1 is 1.18 bits per heavy atom. The molecule has 0 aromatic heterocycles. The van der Waals surface area contributed by atoms with Crippen molar-refractivity contribution in [3.63, 3.8) is 0 Å². The molecule has 9 heteroatoms. The van der Waals surface area contributed by atoms with Crippen molar-refractivity contribution in [3.8, 4) is 11.5 Å². The predicted molar refractivity (Wildman–Crippen MR) is 108 cm³/mol. The molecule has 1 aliphatic rings. The van der Waals surface area contributed by atoms with E-state index in [1.807, 2.05) is 0 Å². The van der Waals surface area contributed by atoms with Crippen LogP contribution in [-0.2, 0) is 4.79 Å². The van der Waals surface area contributed by atoms with Gasteiger partial charge in [0, 0.05) is 23.8 Å². The van der Waals surface area contributed by atoms with Gasteiger partial charge in [0.1, 0.15) is 11.5 Å². The van der Waals surface area contributed by atoms with Gasteiger partial charge in [0.25, 0.3) is 11.6 Å². The lowest BCUT2D eigenvalue weighted by Crippen LogP contribution is -2.19. The first-order valence-electron chi connectivity index (χ1n) is 8.18. The number of hydrogen-bond acceptors (Lipinski definition) is 7. The zero-order valence-corrected chi connectivity index (χ0v) is 16.2. The third kappa shape index (κ3) is 4.15. The average molecular weight is 399 g/mol. The molecule has 28 heavy (non-hydrogen) atoms. The summed E-state index contributed by atoms with van der Waals surface area (Å²) in [5.41, 5.74) is 1.92. The molecule has 0 aliphatic carbocycles. The minimum absolute atomic E-state index is 0.00301. The number of methoxy groups -OCH3 is 2. The molecule has 0 bridgehead atoms. The van der Waals surface area contributed by atoms with Crippen LogP contribution >= 0.6 is 11.8 Å². The van der Waals surface area contributed by atoms with Gasteiger partial charge in [-0.05, 0) is 48.5 Å². The largest absolute Gasteiger partial charge is 0.497 e. The highest BCUT2D eigenvalue weighted by Crippen LogP contribution is 2.33. The van der Waals surface area contributed by atoms with Gasteiger partial charge in [-0.3, -0.25) is 14.9 Å². The number of amides is 1. The summed E-state index contributed by atoms with van der Waals surface area (Å²) >= 11 is 1.19. The fourth-order valence-electron chi connectivity index (χ4n) is 2.55. The molecule has 144 valence electrons. The Labute approximate surface area is 165 Å². The minimum Gasteiger partial charge on any atom is -0.497 e. The van der Waals surface area contributed by atoms with Crippen molar-refractivity contribution in [2.24, 2.45) is 4.99 Å². The number of hydrogen-bond donors (Lipinski definition) is 1. The zero-order valence-electron chi connectivity index (χ0n) is 15.4. The molecule has 0 atom stereocenters. The number of aliphatic imine (C=N–C) groups is 1. The SMILES string of the molecule is COc1ccc(/C=C2/SC(=Nc3ccc([N+](=O)[O-])cc3C)NC2=O)c(OC)c1. The molecule has 1 amide bonds. The Kier molecular flexibility index (Phi) is 5.65. The van der Waals surface area contributed by atoms with Crippen LogP contribution in [0.5, 0.6) is 11.5 Å². The van der Waals surface area contributed by atoms with Crippen LogP contribution in [0.3, 0.4) is 0 Å². The van der Waals surface area contributed by atoms with E-state index in [2.05, 4.69) is 10.3 Å². The summed E-state index contributed by atoms with van der Waals surface area (Å²) in [6, 6.07) is 9.70. The Bertz CT molecular complexity index is 1020. The van der Waals surface area contributed by atoms with E-state index >= 15 is 0 Å². The predicted octanol–water partition coefficient (Wildman–Crippen LogP) is 3.81. The van der Waals surface area contributed by atoms with Gasteiger partial charge in [0.15, 0.2) is 5.17 Å². The van der Waals surface area contributed by atoms with Gasteiger partial charge < -0.3 is 14.8 Å². The summed E-state index contributed by atoms with van der Waals surface area (Å²) in [5.74, 6) is 0.955. The molecule has 8 nitrogen and oxygen atoms in total. The van der Waals surface area contributed by atoms with Crippen molar-refractivity contribution in [3.05, 3.63) is 62.5 Å². The smallest absolute Gasteiger partial charge is 0.269 e. The second-order valence-corrected chi connectivity index (χ2v) is 6.85. The Morgan fingerprint density at radius 3 is 2.61 bits per heavy atom. The highest BCUT2D eigenvalue weighted by Gasteiger charge is 2.24. The van der Waals surface area contributed by atoms with Crippen molar-refractivity contribution >= 4 is 40.3 Å². The summed E-state index contributed by atoms with van der Waals surface area (Å²) in [5, 5.41) is 14.0. The van der Waals surface area contributed by atoms with Crippen molar-refractivity contribution in [1.29, 1.82) is 0 Å². The Balaban J connectivity index is 1.87. The number of carbonyl (C=O) groups is 1.